The second-order valence-electron chi connectivity index (χ2n) is 11.1. The van der Waals surface area contributed by atoms with Crippen molar-refractivity contribution in [2.45, 2.75) is 80.1 Å². The summed E-state index contributed by atoms with van der Waals surface area (Å²) in [7, 11) is 0. The summed E-state index contributed by atoms with van der Waals surface area (Å²) in [4.78, 5) is 30.1. The Bertz CT molecular complexity index is 1420. The van der Waals surface area contributed by atoms with Crippen molar-refractivity contribution in [2.75, 3.05) is 0 Å². The van der Waals surface area contributed by atoms with Gasteiger partial charge in [-0.3, -0.25) is 14.6 Å². The molecule has 2 aromatic rings. The molecule has 1 saturated carbocycles. The predicted octanol–water partition coefficient (Wildman–Crippen LogP) is 9.14. The average molecular weight is 542 g/mol. The molecule has 0 bridgehead atoms. The van der Waals surface area contributed by atoms with Crippen LogP contribution in [0.25, 0.3) is 5.57 Å². The highest BCUT2D eigenvalue weighted by molar-refractivity contribution is 6.13. The van der Waals surface area contributed by atoms with Gasteiger partial charge in [0, 0.05) is 37.4 Å². The Kier molecular flexibility index (Phi) is 9.50. The molecule has 0 saturated heterocycles. The van der Waals surface area contributed by atoms with Crippen LogP contribution >= 0.6 is 0 Å². The summed E-state index contributed by atoms with van der Waals surface area (Å²) in [5.41, 5.74) is 8.37. The maximum Gasteiger partial charge on any atom is 0.166 e. The third-order valence-corrected chi connectivity index (χ3v) is 8.65. The van der Waals surface area contributed by atoms with Gasteiger partial charge in [0.25, 0.3) is 0 Å². The molecule has 5 rings (SSSR count). The number of nitrogens with zero attached hydrogens (tertiary/aromatic N) is 1. The molecule has 1 aliphatic heterocycles. The first-order valence-corrected chi connectivity index (χ1v) is 14.9. The highest BCUT2D eigenvalue weighted by Crippen LogP contribution is 2.38. The Hall–Kier alpha value is -3.40. The number of rotatable bonds is 7. The zero-order valence-electron chi connectivity index (χ0n) is 24.8. The highest BCUT2D eigenvalue weighted by Gasteiger charge is 2.31. The summed E-state index contributed by atoms with van der Waals surface area (Å²) < 4.78 is 14.6. The average Bonchev–Trinajstić information content (AvgIpc) is 3.41. The second kappa shape index (κ2) is 12.8. The summed E-state index contributed by atoms with van der Waals surface area (Å²) >= 11 is 0. The Morgan fingerprint density at radius 2 is 1.68 bits per heavy atom. The molecule has 0 N–H and O–H groups in total. The number of halogens is 1. The molecule has 4 heteroatoms. The van der Waals surface area contributed by atoms with Gasteiger partial charge in [-0.25, -0.2) is 4.39 Å². The topological polar surface area (TPSA) is 46.5 Å². The van der Waals surface area contributed by atoms with E-state index in [0.717, 1.165) is 71.2 Å². The maximum atomic E-state index is 14.6. The van der Waals surface area contributed by atoms with Crippen LogP contribution in [0, 0.1) is 44.3 Å². The lowest BCUT2D eigenvalue weighted by Crippen LogP contribution is -2.26. The number of carbonyl (C=O) groups excluding carboxylic acids is 2. The minimum absolute atomic E-state index is 0. The zero-order valence-corrected chi connectivity index (χ0v) is 24.8. The van der Waals surface area contributed by atoms with E-state index >= 15 is 0 Å². The lowest BCUT2D eigenvalue weighted by Gasteiger charge is -2.27. The minimum atomic E-state index is -0.153. The standard InChI is InChI=1S/C34H36FNO2.C2H6.H2/c1-5-31(37)24-11-13-25(14-12-24)34(38)27-16-10-23(17-21(27)3)18-26-7-6-8-29-30(19-36-33(26)29)28-15-9-20(2)32(35)22(28)4;1-2;/h6-10,15-17,19,24-25,29H,5,11-14,18H2,1-4H3;1-2H3;1H. The van der Waals surface area contributed by atoms with Crippen LogP contribution in [0.4, 0.5) is 4.39 Å². The van der Waals surface area contributed by atoms with E-state index in [9.17, 15) is 14.0 Å². The monoisotopic (exact) mass is 541 g/mol. The molecular weight excluding hydrogens is 497 g/mol. The third kappa shape index (κ3) is 5.87. The van der Waals surface area contributed by atoms with Crippen LogP contribution in [0.3, 0.4) is 0 Å². The van der Waals surface area contributed by atoms with Gasteiger partial charge in [-0.1, -0.05) is 69.3 Å². The van der Waals surface area contributed by atoms with Gasteiger partial charge >= 0.3 is 0 Å². The quantitative estimate of drug-likeness (QED) is 0.328. The molecule has 3 aliphatic rings. The molecule has 2 aromatic carbocycles. The van der Waals surface area contributed by atoms with Crippen molar-refractivity contribution in [3.05, 3.63) is 99.5 Å². The molecule has 0 spiro atoms. The van der Waals surface area contributed by atoms with Crippen LogP contribution in [0.1, 0.15) is 92.5 Å². The van der Waals surface area contributed by atoms with E-state index in [1.807, 2.05) is 59.0 Å². The van der Waals surface area contributed by atoms with E-state index < -0.39 is 0 Å². The first-order valence-electron chi connectivity index (χ1n) is 14.9. The number of hydrogen-bond donors (Lipinski definition) is 0. The van der Waals surface area contributed by atoms with E-state index in [2.05, 4.69) is 30.4 Å². The van der Waals surface area contributed by atoms with E-state index in [-0.39, 0.29) is 30.8 Å². The van der Waals surface area contributed by atoms with Crippen molar-refractivity contribution in [2.24, 2.45) is 22.7 Å². The number of hydrogen-bond acceptors (Lipinski definition) is 3. The predicted molar refractivity (Wildman–Crippen MR) is 165 cm³/mol. The third-order valence-electron chi connectivity index (χ3n) is 8.65. The van der Waals surface area contributed by atoms with Crippen molar-refractivity contribution in [1.82, 2.24) is 0 Å². The molecule has 40 heavy (non-hydrogen) atoms. The molecule has 1 unspecified atom stereocenters. The van der Waals surface area contributed by atoms with Gasteiger partial charge in [0.2, 0.25) is 0 Å². The van der Waals surface area contributed by atoms with Crippen LogP contribution < -0.4 is 0 Å². The summed E-state index contributed by atoms with van der Waals surface area (Å²) in [6.07, 6.45) is 12.8. The van der Waals surface area contributed by atoms with Gasteiger partial charge in [0.15, 0.2) is 5.78 Å². The van der Waals surface area contributed by atoms with Crippen molar-refractivity contribution < 1.29 is 15.4 Å². The molecule has 0 radical (unpaired) electrons. The molecular formula is C36H44FNO2. The van der Waals surface area contributed by atoms with Gasteiger partial charge in [0.05, 0.1) is 5.71 Å². The molecule has 0 aromatic heterocycles. The van der Waals surface area contributed by atoms with Gasteiger partial charge < -0.3 is 0 Å². The number of aryl methyl sites for hydroxylation is 2. The first-order chi connectivity index (χ1) is 19.3. The number of fused-ring (bicyclic) bond motifs is 1. The number of aliphatic imine (C=N–C) groups is 1. The van der Waals surface area contributed by atoms with Gasteiger partial charge in [-0.2, -0.15) is 0 Å². The summed E-state index contributed by atoms with van der Waals surface area (Å²) in [5, 5.41) is 0. The summed E-state index contributed by atoms with van der Waals surface area (Å²) in [5.74, 6) is 0.566. The largest absolute Gasteiger partial charge is 0.299 e. The number of carbonyl (C=O) groups is 2. The number of Topliss-reactive ketones (excluding diaryl/α,β-unsaturated/α-hetero) is 2. The first kappa shape index (κ1) is 29.6. The van der Waals surface area contributed by atoms with Crippen LogP contribution in [-0.2, 0) is 11.2 Å². The molecule has 0 amide bonds. The Morgan fingerprint density at radius 1 is 0.975 bits per heavy atom. The van der Waals surface area contributed by atoms with Crippen molar-refractivity contribution in [3.8, 4) is 0 Å². The van der Waals surface area contributed by atoms with Crippen LogP contribution in [0.2, 0.25) is 0 Å². The van der Waals surface area contributed by atoms with Gasteiger partial charge in [-0.15, -0.1) is 0 Å². The number of benzene rings is 2. The molecule has 212 valence electrons. The minimum Gasteiger partial charge on any atom is -0.299 e. The highest BCUT2D eigenvalue weighted by atomic mass is 19.1. The Morgan fingerprint density at radius 3 is 2.35 bits per heavy atom. The lowest BCUT2D eigenvalue weighted by atomic mass is 9.76. The van der Waals surface area contributed by atoms with E-state index in [1.54, 1.807) is 6.92 Å². The van der Waals surface area contributed by atoms with Crippen molar-refractivity contribution >= 4 is 22.9 Å². The zero-order chi connectivity index (χ0) is 29.0. The number of allylic oxidation sites excluding steroid dienone is 5. The van der Waals surface area contributed by atoms with Crippen LogP contribution in [0.15, 0.2) is 65.3 Å². The molecule has 1 fully saturated rings. The smallest absolute Gasteiger partial charge is 0.166 e. The van der Waals surface area contributed by atoms with Gasteiger partial charge in [-0.05, 0) is 91.8 Å². The van der Waals surface area contributed by atoms with Crippen LogP contribution in [0.5, 0.6) is 0 Å². The van der Waals surface area contributed by atoms with E-state index in [4.69, 9.17) is 4.99 Å². The van der Waals surface area contributed by atoms with Crippen molar-refractivity contribution in [3.63, 3.8) is 0 Å². The molecule has 1 heterocycles. The molecule has 2 aliphatic carbocycles. The SMILES string of the molecule is CC.CCC(=O)C1CCC(C(=O)c2ccc(CC3=CC=CC4C(c5ccc(C)c(F)c5C)=CN=C34)cc2C)CC1.[HH]. The maximum absolute atomic E-state index is 14.6. The Labute approximate surface area is 240 Å². The van der Waals surface area contributed by atoms with Gasteiger partial charge in [0.1, 0.15) is 11.6 Å². The molecule has 3 nitrogen and oxygen atoms in total. The summed E-state index contributed by atoms with van der Waals surface area (Å²) in [6, 6.07) is 9.99. The normalized spacial score (nSPS) is 21.5. The second-order valence-corrected chi connectivity index (χ2v) is 11.1. The fourth-order valence-electron chi connectivity index (χ4n) is 6.33. The molecule has 1 atom stereocenters. The fourth-order valence-corrected chi connectivity index (χ4v) is 6.33. The van der Waals surface area contributed by atoms with E-state index in [1.165, 1.54) is 0 Å². The number of ketones is 2. The lowest BCUT2D eigenvalue weighted by molar-refractivity contribution is -0.123. The Balaban J connectivity index is 0.00000151. The summed E-state index contributed by atoms with van der Waals surface area (Å²) in [6.45, 7) is 11.6. The van der Waals surface area contributed by atoms with Crippen LogP contribution in [-0.4, -0.2) is 17.3 Å². The fraction of sp³-hybridized carbons (Fsp3) is 0.417. The van der Waals surface area contributed by atoms with Crippen molar-refractivity contribution in [1.29, 1.82) is 0 Å². The van der Waals surface area contributed by atoms with E-state index in [0.29, 0.717) is 23.3 Å².